The van der Waals surface area contributed by atoms with Crippen LogP contribution in [-0.4, -0.2) is 44.9 Å². The number of dihydropyridines is 1. The molecule has 1 fully saturated rings. The molecular formula is C11H14F3N3O3. The van der Waals surface area contributed by atoms with E-state index >= 15 is 0 Å². The van der Waals surface area contributed by atoms with Gasteiger partial charge >= 0.3 is 12.1 Å². The highest BCUT2D eigenvalue weighted by Gasteiger charge is 2.37. The molecule has 0 aromatic heterocycles. The van der Waals surface area contributed by atoms with E-state index in [0.29, 0.717) is 6.08 Å². The number of carbonyl (C=O) groups excluding carboxylic acids is 1. The Bertz CT molecular complexity index is 403. The van der Waals surface area contributed by atoms with Crippen molar-refractivity contribution in [2.75, 3.05) is 32.8 Å². The first-order chi connectivity index (χ1) is 9.46. The number of allylic oxidation sites excluding steroid dienone is 2. The largest absolute Gasteiger partial charge is 0.416 e. The summed E-state index contributed by atoms with van der Waals surface area (Å²) in [5.41, 5.74) is -1.78. The number of morpholine rings is 1. The number of ether oxygens (including phenoxy) is 1. The zero-order valence-corrected chi connectivity index (χ0v) is 10.5. The van der Waals surface area contributed by atoms with Crippen LogP contribution in [0.1, 0.15) is 0 Å². The van der Waals surface area contributed by atoms with Crippen LogP contribution >= 0.6 is 0 Å². The molecule has 0 atom stereocenters. The summed E-state index contributed by atoms with van der Waals surface area (Å²) in [6.45, 7) is 3.50. The minimum atomic E-state index is -4.64. The van der Waals surface area contributed by atoms with E-state index in [-0.39, 0.29) is 6.54 Å². The van der Waals surface area contributed by atoms with Crippen LogP contribution in [0, 0.1) is 4.91 Å². The van der Waals surface area contributed by atoms with Gasteiger partial charge < -0.3 is 15.4 Å². The fourth-order valence-corrected chi connectivity index (χ4v) is 1.53. The summed E-state index contributed by atoms with van der Waals surface area (Å²) in [5.74, 6) is -1.39. The highest BCUT2D eigenvalue weighted by Crippen LogP contribution is 2.30. The first-order valence-corrected chi connectivity index (χ1v) is 5.83. The van der Waals surface area contributed by atoms with Crippen molar-refractivity contribution in [1.82, 2.24) is 10.6 Å². The van der Waals surface area contributed by atoms with Gasteiger partial charge in [-0.05, 0) is 12.3 Å². The Labute approximate surface area is 113 Å². The molecule has 0 aromatic rings. The van der Waals surface area contributed by atoms with Gasteiger partial charge in [-0.25, -0.2) is 0 Å². The lowest BCUT2D eigenvalue weighted by molar-refractivity contribution is -0.116. The Morgan fingerprint density at radius 1 is 1.30 bits per heavy atom. The Morgan fingerprint density at radius 2 is 1.95 bits per heavy atom. The molecule has 2 rings (SSSR count). The topological polar surface area (TPSA) is 79.8 Å². The van der Waals surface area contributed by atoms with E-state index in [1.165, 1.54) is 0 Å². The van der Waals surface area contributed by atoms with Crippen LogP contribution < -0.4 is 10.6 Å². The zero-order valence-electron chi connectivity index (χ0n) is 10.5. The van der Waals surface area contributed by atoms with Crippen molar-refractivity contribution in [2.24, 2.45) is 5.18 Å². The van der Waals surface area contributed by atoms with E-state index in [9.17, 15) is 22.9 Å². The average Bonchev–Trinajstić information content (AvgIpc) is 2.48. The molecule has 0 aromatic carbocycles. The van der Waals surface area contributed by atoms with E-state index in [4.69, 9.17) is 4.74 Å². The van der Waals surface area contributed by atoms with Crippen molar-refractivity contribution >= 4 is 5.91 Å². The highest BCUT2D eigenvalue weighted by molar-refractivity contribution is 5.96. The summed E-state index contributed by atoms with van der Waals surface area (Å²) in [4.78, 5) is 20.5. The number of hydrogen-bond acceptors (Lipinski definition) is 5. The van der Waals surface area contributed by atoms with Gasteiger partial charge in [0.15, 0.2) is 0 Å². The number of nitrogens with one attached hydrogen (secondary N) is 2. The molecule has 2 aliphatic rings. The van der Waals surface area contributed by atoms with Crippen LogP contribution in [0.2, 0.25) is 0 Å². The summed E-state index contributed by atoms with van der Waals surface area (Å²) in [6.07, 6.45) is -2.89. The van der Waals surface area contributed by atoms with Gasteiger partial charge in [-0.15, -0.1) is 4.91 Å². The van der Waals surface area contributed by atoms with Gasteiger partial charge in [-0.3, -0.25) is 4.79 Å². The van der Waals surface area contributed by atoms with Crippen molar-refractivity contribution in [3.8, 4) is 0 Å². The lowest BCUT2D eigenvalue weighted by Crippen LogP contribution is -2.30. The molecule has 6 nitrogen and oxygen atoms in total. The van der Waals surface area contributed by atoms with Crippen molar-refractivity contribution in [1.29, 1.82) is 0 Å². The third-order valence-electron chi connectivity index (χ3n) is 2.46. The van der Waals surface area contributed by atoms with E-state index in [0.717, 1.165) is 32.5 Å². The monoisotopic (exact) mass is 293 g/mol. The molecule has 0 radical (unpaired) electrons. The second-order valence-corrected chi connectivity index (χ2v) is 3.86. The van der Waals surface area contributed by atoms with Crippen LogP contribution in [-0.2, 0) is 9.53 Å². The summed E-state index contributed by atoms with van der Waals surface area (Å²) in [7, 11) is 0. The molecule has 1 saturated heterocycles. The number of halogens is 3. The Morgan fingerprint density at radius 3 is 2.35 bits per heavy atom. The molecule has 2 N–H and O–H groups in total. The second kappa shape index (κ2) is 7.75. The molecule has 0 bridgehead atoms. The smallest absolute Gasteiger partial charge is 0.387 e. The molecule has 2 heterocycles. The first-order valence-electron chi connectivity index (χ1n) is 5.83. The van der Waals surface area contributed by atoms with Gasteiger partial charge in [-0.2, -0.15) is 13.2 Å². The highest BCUT2D eigenvalue weighted by atomic mass is 19.4. The fraction of sp³-hybridized carbons (Fsp3) is 0.545. The van der Waals surface area contributed by atoms with Gasteiger partial charge in [0.1, 0.15) is 0 Å². The first kappa shape index (κ1) is 16.3. The maximum absolute atomic E-state index is 12.3. The van der Waals surface area contributed by atoms with E-state index in [2.05, 4.69) is 10.6 Å². The van der Waals surface area contributed by atoms with E-state index in [1.807, 2.05) is 5.18 Å². The van der Waals surface area contributed by atoms with Crippen LogP contribution in [0.3, 0.4) is 0 Å². The van der Waals surface area contributed by atoms with Crippen molar-refractivity contribution < 1.29 is 22.7 Å². The molecule has 2 aliphatic heterocycles. The average molecular weight is 293 g/mol. The lowest BCUT2D eigenvalue weighted by atomic mass is 10.1. The normalized spacial score (nSPS) is 18.8. The van der Waals surface area contributed by atoms with Crippen molar-refractivity contribution in [3.05, 3.63) is 28.3 Å². The minimum Gasteiger partial charge on any atom is -0.387 e. The van der Waals surface area contributed by atoms with Gasteiger partial charge in [0, 0.05) is 24.8 Å². The van der Waals surface area contributed by atoms with E-state index in [1.54, 1.807) is 0 Å². The Kier molecular flexibility index (Phi) is 6.32. The number of alkyl halides is 3. The zero-order chi connectivity index (χ0) is 15.0. The number of carbonyl (C=O) groups is 1. The van der Waals surface area contributed by atoms with Gasteiger partial charge in [0.05, 0.1) is 24.4 Å². The van der Waals surface area contributed by atoms with Crippen LogP contribution in [0.25, 0.3) is 0 Å². The quantitative estimate of drug-likeness (QED) is 0.701. The molecule has 1 amide bonds. The molecule has 0 unspecified atom stereocenters. The summed E-state index contributed by atoms with van der Waals surface area (Å²) < 4.78 is 41.8. The van der Waals surface area contributed by atoms with Crippen LogP contribution in [0.5, 0.6) is 0 Å². The molecule has 9 heteroatoms. The van der Waals surface area contributed by atoms with Crippen LogP contribution in [0.4, 0.5) is 13.2 Å². The van der Waals surface area contributed by atoms with E-state index < -0.39 is 23.2 Å². The fourth-order valence-electron chi connectivity index (χ4n) is 1.53. The predicted molar refractivity (Wildman–Crippen MR) is 64.7 cm³/mol. The Balaban J connectivity index is 0.000000276. The maximum atomic E-state index is 12.3. The number of rotatable bonds is 1. The molecule has 112 valence electrons. The summed E-state index contributed by atoms with van der Waals surface area (Å²) in [5, 5.41) is 7.51. The molecule has 20 heavy (non-hydrogen) atoms. The number of amides is 1. The number of hydrogen-bond donors (Lipinski definition) is 2. The predicted octanol–water partition coefficient (Wildman–Crippen LogP) is 0.861. The minimum absolute atomic E-state index is 0.337. The van der Waals surface area contributed by atoms with Crippen LogP contribution in [0.15, 0.2) is 28.6 Å². The summed E-state index contributed by atoms with van der Waals surface area (Å²) >= 11 is 0. The van der Waals surface area contributed by atoms with Gasteiger partial charge in [0.25, 0.3) is 0 Å². The van der Waals surface area contributed by atoms with Crippen molar-refractivity contribution in [3.63, 3.8) is 0 Å². The van der Waals surface area contributed by atoms with Crippen molar-refractivity contribution in [2.45, 2.75) is 6.18 Å². The van der Waals surface area contributed by atoms with Gasteiger partial charge in [0.2, 0.25) is 0 Å². The summed E-state index contributed by atoms with van der Waals surface area (Å²) in [6, 6.07) is 0. The standard InChI is InChI=1S/C7H5F3N2O2.C4H9NO/c8-7(9,10)5-1-2-11-3-4(5)6(13)12-14;1-3-6-4-2-5-1/h1-2,11H,3H2;5H,1-4H2. The molecular weight excluding hydrogens is 279 g/mol. The lowest BCUT2D eigenvalue weighted by Gasteiger charge is -2.16. The third-order valence-corrected chi connectivity index (χ3v) is 2.46. The Hall–Kier alpha value is -1.74. The number of nitroso groups, excluding NO2 is 1. The van der Waals surface area contributed by atoms with Gasteiger partial charge in [-0.1, -0.05) is 0 Å². The molecule has 0 aliphatic carbocycles. The third kappa shape index (κ3) is 5.10. The maximum Gasteiger partial charge on any atom is 0.416 e. The second-order valence-electron chi connectivity index (χ2n) is 3.86. The molecule has 0 spiro atoms. The molecule has 0 saturated carbocycles. The SMILES string of the molecule is C1COCCN1.O=NC(=O)C1=C(C(F)(F)F)C=CNC1. The number of nitrogens with zero attached hydrogens (tertiary/aromatic N) is 1.